The van der Waals surface area contributed by atoms with E-state index in [0.29, 0.717) is 6.61 Å². The molecule has 0 spiro atoms. The minimum Gasteiger partial charge on any atom is -0.374 e. The molecule has 0 aliphatic heterocycles. The molecule has 0 fully saturated rings. The largest absolute Gasteiger partial charge is 0.374 e. The van der Waals surface area contributed by atoms with E-state index in [1.165, 1.54) is 5.56 Å². The Hall–Kier alpha value is -0.860. The monoisotopic (exact) mass is 207 g/mol. The smallest absolute Gasteiger partial charge is 0.0818 e. The van der Waals surface area contributed by atoms with Crippen molar-refractivity contribution in [2.75, 3.05) is 6.61 Å². The highest BCUT2D eigenvalue weighted by molar-refractivity contribution is 5.26. The molecule has 0 aliphatic carbocycles. The van der Waals surface area contributed by atoms with Gasteiger partial charge in [-0.15, -0.1) is 0 Å². The maximum Gasteiger partial charge on any atom is 0.0818 e. The fraction of sp³-hybridized carbons (Fsp3) is 0.538. The van der Waals surface area contributed by atoms with Crippen molar-refractivity contribution >= 4 is 0 Å². The van der Waals surface area contributed by atoms with E-state index in [-0.39, 0.29) is 11.6 Å². The molecule has 0 radical (unpaired) electrons. The van der Waals surface area contributed by atoms with Crippen LogP contribution in [0.5, 0.6) is 0 Å². The Balaban J connectivity index is 2.88. The molecule has 0 saturated heterocycles. The molecule has 2 nitrogen and oxygen atoms in total. The van der Waals surface area contributed by atoms with Gasteiger partial charge in [0.15, 0.2) is 0 Å². The number of nitrogens with two attached hydrogens (primary N) is 1. The standard InChI is InChI=1S/C13H21NO/c1-5-15-13(3,4)12(14)11-8-6-7-10(2)9-11/h6-9,12H,5,14H2,1-4H3. The zero-order chi connectivity index (χ0) is 11.5. The molecule has 15 heavy (non-hydrogen) atoms. The summed E-state index contributed by atoms with van der Waals surface area (Å²) in [5, 5.41) is 0. The summed E-state index contributed by atoms with van der Waals surface area (Å²) in [6.07, 6.45) is 0. The lowest BCUT2D eigenvalue weighted by molar-refractivity contribution is -0.0298. The number of aryl methyl sites for hydroxylation is 1. The maximum atomic E-state index is 6.20. The Kier molecular flexibility index (Phi) is 3.89. The molecule has 0 bridgehead atoms. The molecule has 1 aromatic rings. The van der Waals surface area contributed by atoms with E-state index in [4.69, 9.17) is 10.5 Å². The van der Waals surface area contributed by atoms with Crippen LogP contribution in [0.1, 0.15) is 37.9 Å². The maximum absolute atomic E-state index is 6.20. The predicted molar refractivity (Wildman–Crippen MR) is 63.8 cm³/mol. The topological polar surface area (TPSA) is 35.2 Å². The molecular formula is C13H21NO. The van der Waals surface area contributed by atoms with Crippen molar-refractivity contribution in [3.05, 3.63) is 35.4 Å². The molecule has 0 heterocycles. The first kappa shape index (κ1) is 12.2. The van der Waals surface area contributed by atoms with Crippen LogP contribution in [0.15, 0.2) is 24.3 Å². The fourth-order valence-corrected chi connectivity index (χ4v) is 1.73. The zero-order valence-electron chi connectivity index (χ0n) is 10.1. The quantitative estimate of drug-likeness (QED) is 0.824. The second-order valence-corrected chi connectivity index (χ2v) is 4.43. The van der Waals surface area contributed by atoms with Crippen LogP contribution in [0.2, 0.25) is 0 Å². The Morgan fingerprint density at radius 2 is 2.07 bits per heavy atom. The first-order chi connectivity index (χ1) is 6.97. The zero-order valence-corrected chi connectivity index (χ0v) is 10.1. The van der Waals surface area contributed by atoms with Gasteiger partial charge in [-0.25, -0.2) is 0 Å². The molecule has 1 unspecified atom stereocenters. The number of rotatable bonds is 4. The third kappa shape index (κ3) is 3.05. The molecule has 1 rings (SSSR count). The van der Waals surface area contributed by atoms with Gasteiger partial charge in [-0.3, -0.25) is 0 Å². The van der Waals surface area contributed by atoms with Crippen molar-refractivity contribution in [3.8, 4) is 0 Å². The lowest BCUT2D eigenvalue weighted by atomic mass is 9.91. The van der Waals surface area contributed by atoms with Gasteiger partial charge in [0.25, 0.3) is 0 Å². The number of hydrogen-bond acceptors (Lipinski definition) is 2. The Morgan fingerprint density at radius 1 is 1.40 bits per heavy atom. The summed E-state index contributed by atoms with van der Waals surface area (Å²) in [6.45, 7) is 8.81. The van der Waals surface area contributed by atoms with Gasteiger partial charge < -0.3 is 10.5 Å². The van der Waals surface area contributed by atoms with E-state index in [0.717, 1.165) is 5.56 Å². The highest BCUT2D eigenvalue weighted by Gasteiger charge is 2.27. The van der Waals surface area contributed by atoms with E-state index < -0.39 is 0 Å². The summed E-state index contributed by atoms with van der Waals surface area (Å²) in [5.41, 5.74) is 8.25. The molecule has 1 atom stereocenters. The van der Waals surface area contributed by atoms with Crippen molar-refractivity contribution < 1.29 is 4.74 Å². The van der Waals surface area contributed by atoms with Gasteiger partial charge in [0.2, 0.25) is 0 Å². The molecule has 0 aliphatic rings. The average Bonchev–Trinajstić information content (AvgIpc) is 2.16. The van der Waals surface area contributed by atoms with Gasteiger partial charge in [-0.2, -0.15) is 0 Å². The molecule has 2 N–H and O–H groups in total. The van der Waals surface area contributed by atoms with E-state index in [1.54, 1.807) is 0 Å². The summed E-state index contributed by atoms with van der Waals surface area (Å²) < 4.78 is 5.66. The van der Waals surface area contributed by atoms with Gasteiger partial charge in [-0.1, -0.05) is 29.8 Å². The van der Waals surface area contributed by atoms with Crippen molar-refractivity contribution in [3.63, 3.8) is 0 Å². The van der Waals surface area contributed by atoms with Gasteiger partial charge in [0.1, 0.15) is 0 Å². The van der Waals surface area contributed by atoms with E-state index in [9.17, 15) is 0 Å². The van der Waals surface area contributed by atoms with E-state index >= 15 is 0 Å². The SMILES string of the molecule is CCOC(C)(C)C(N)c1cccc(C)c1. The first-order valence-electron chi connectivity index (χ1n) is 5.43. The third-order valence-electron chi connectivity index (χ3n) is 2.67. The molecule has 0 saturated carbocycles. The minimum absolute atomic E-state index is 0.0858. The lowest BCUT2D eigenvalue weighted by Gasteiger charge is -2.31. The predicted octanol–water partition coefficient (Wildman–Crippen LogP) is 2.81. The molecule has 1 aromatic carbocycles. The minimum atomic E-state index is -0.317. The molecule has 0 aromatic heterocycles. The normalized spacial score (nSPS) is 13.9. The van der Waals surface area contributed by atoms with Crippen molar-refractivity contribution in [1.82, 2.24) is 0 Å². The third-order valence-corrected chi connectivity index (χ3v) is 2.67. The van der Waals surface area contributed by atoms with Crippen LogP contribution in [0.3, 0.4) is 0 Å². The van der Waals surface area contributed by atoms with Gasteiger partial charge >= 0.3 is 0 Å². The van der Waals surface area contributed by atoms with Crippen LogP contribution in [-0.4, -0.2) is 12.2 Å². The second kappa shape index (κ2) is 4.77. The van der Waals surface area contributed by atoms with Crippen molar-refractivity contribution in [2.24, 2.45) is 5.73 Å². The van der Waals surface area contributed by atoms with Crippen LogP contribution in [-0.2, 0) is 4.74 Å². The summed E-state index contributed by atoms with van der Waals surface area (Å²) in [4.78, 5) is 0. The van der Waals surface area contributed by atoms with Crippen molar-refractivity contribution in [1.29, 1.82) is 0 Å². The fourth-order valence-electron chi connectivity index (χ4n) is 1.73. The van der Waals surface area contributed by atoms with Crippen LogP contribution >= 0.6 is 0 Å². The van der Waals surface area contributed by atoms with Gasteiger partial charge in [0.05, 0.1) is 11.6 Å². The summed E-state index contributed by atoms with van der Waals surface area (Å²) >= 11 is 0. The number of ether oxygens (including phenoxy) is 1. The summed E-state index contributed by atoms with van der Waals surface area (Å²) in [6, 6.07) is 8.19. The highest BCUT2D eigenvalue weighted by atomic mass is 16.5. The Morgan fingerprint density at radius 3 is 2.60 bits per heavy atom. The van der Waals surface area contributed by atoms with Gasteiger partial charge in [0, 0.05) is 6.61 Å². The number of hydrogen-bond donors (Lipinski definition) is 1. The lowest BCUT2D eigenvalue weighted by Crippen LogP contribution is -2.38. The van der Waals surface area contributed by atoms with Crippen LogP contribution in [0.4, 0.5) is 0 Å². The van der Waals surface area contributed by atoms with Gasteiger partial charge in [-0.05, 0) is 33.3 Å². The highest BCUT2D eigenvalue weighted by Crippen LogP contribution is 2.26. The summed E-state index contributed by atoms with van der Waals surface area (Å²) in [7, 11) is 0. The molecule has 2 heteroatoms. The second-order valence-electron chi connectivity index (χ2n) is 4.43. The molecular weight excluding hydrogens is 186 g/mol. The van der Waals surface area contributed by atoms with E-state index in [1.807, 2.05) is 26.8 Å². The Labute approximate surface area is 92.4 Å². The molecule has 84 valence electrons. The first-order valence-corrected chi connectivity index (χ1v) is 5.43. The van der Waals surface area contributed by atoms with Crippen molar-refractivity contribution in [2.45, 2.75) is 39.3 Å². The van der Waals surface area contributed by atoms with Crippen LogP contribution in [0, 0.1) is 6.92 Å². The van der Waals surface area contributed by atoms with Crippen LogP contribution in [0.25, 0.3) is 0 Å². The average molecular weight is 207 g/mol. The number of benzene rings is 1. The summed E-state index contributed by atoms with van der Waals surface area (Å²) in [5.74, 6) is 0. The molecule has 0 amide bonds. The van der Waals surface area contributed by atoms with Crippen LogP contribution < -0.4 is 5.73 Å². The van der Waals surface area contributed by atoms with E-state index in [2.05, 4.69) is 25.1 Å². The Bertz CT molecular complexity index is 320.